The van der Waals surface area contributed by atoms with Crippen molar-refractivity contribution in [1.29, 1.82) is 0 Å². The number of hydrogen-bond donors (Lipinski definition) is 2. The lowest BCUT2D eigenvalue weighted by Gasteiger charge is -2.07. The minimum absolute atomic E-state index is 0.0297. The third kappa shape index (κ3) is 2.44. The first-order valence-electron chi connectivity index (χ1n) is 5.01. The molecule has 18 heavy (non-hydrogen) atoms. The SMILES string of the molecule is O=C(c1cc(Cl)c(O)cc1O)c1ccccc1I. The third-order valence-corrected chi connectivity index (χ3v) is 3.67. The Labute approximate surface area is 122 Å². The maximum atomic E-state index is 12.2. The fraction of sp³-hybridized carbons (Fsp3) is 0. The molecule has 0 heterocycles. The number of rotatable bonds is 2. The highest BCUT2D eigenvalue weighted by Gasteiger charge is 2.17. The number of halogens is 2. The number of ketones is 1. The topological polar surface area (TPSA) is 57.5 Å². The zero-order chi connectivity index (χ0) is 13.3. The van der Waals surface area contributed by atoms with Gasteiger partial charge in [-0.15, -0.1) is 0 Å². The van der Waals surface area contributed by atoms with E-state index in [1.807, 2.05) is 28.7 Å². The van der Waals surface area contributed by atoms with Crippen LogP contribution in [0.25, 0.3) is 0 Å². The van der Waals surface area contributed by atoms with Gasteiger partial charge in [0.1, 0.15) is 11.5 Å². The first-order chi connectivity index (χ1) is 8.50. The first kappa shape index (κ1) is 13.2. The van der Waals surface area contributed by atoms with Gasteiger partial charge in [0.05, 0.1) is 10.6 Å². The van der Waals surface area contributed by atoms with Crippen LogP contribution >= 0.6 is 34.2 Å². The summed E-state index contributed by atoms with van der Waals surface area (Å²) in [6.45, 7) is 0. The molecule has 0 radical (unpaired) electrons. The summed E-state index contributed by atoms with van der Waals surface area (Å²) in [5.74, 6) is -0.880. The van der Waals surface area contributed by atoms with Gasteiger partial charge < -0.3 is 10.2 Å². The summed E-state index contributed by atoms with van der Waals surface area (Å²) < 4.78 is 0.781. The number of carbonyl (C=O) groups is 1. The van der Waals surface area contributed by atoms with Crippen LogP contribution in [0, 0.1) is 3.57 Å². The summed E-state index contributed by atoms with van der Waals surface area (Å²) in [6, 6.07) is 9.36. The van der Waals surface area contributed by atoms with Crippen molar-refractivity contribution in [3.63, 3.8) is 0 Å². The molecule has 0 saturated heterocycles. The second-order valence-electron chi connectivity index (χ2n) is 3.63. The van der Waals surface area contributed by atoms with Gasteiger partial charge in [-0.2, -0.15) is 0 Å². The standard InChI is InChI=1S/C13H8ClIO3/c14-9-5-8(11(16)6-12(9)17)13(18)7-3-1-2-4-10(7)15/h1-6,16-17H. The van der Waals surface area contributed by atoms with Crippen molar-refractivity contribution in [2.24, 2.45) is 0 Å². The maximum absolute atomic E-state index is 12.2. The molecule has 0 aliphatic carbocycles. The van der Waals surface area contributed by atoms with E-state index in [1.54, 1.807) is 18.2 Å². The van der Waals surface area contributed by atoms with E-state index in [9.17, 15) is 15.0 Å². The average molecular weight is 375 g/mol. The van der Waals surface area contributed by atoms with E-state index in [1.165, 1.54) is 6.07 Å². The molecule has 0 bridgehead atoms. The molecule has 5 heteroatoms. The molecule has 0 amide bonds. The van der Waals surface area contributed by atoms with E-state index in [2.05, 4.69) is 0 Å². The minimum atomic E-state index is -0.334. The van der Waals surface area contributed by atoms with Crippen LogP contribution in [0.4, 0.5) is 0 Å². The van der Waals surface area contributed by atoms with Gasteiger partial charge in [0.25, 0.3) is 0 Å². The predicted octanol–water partition coefficient (Wildman–Crippen LogP) is 3.59. The number of aromatic hydroxyl groups is 2. The molecule has 92 valence electrons. The molecule has 0 aliphatic rings. The fourth-order valence-electron chi connectivity index (χ4n) is 1.52. The van der Waals surface area contributed by atoms with Gasteiger partial charge in [0.2, 0.25) is 0 Å². The quantitative estimate of drug-likeness (QED) is 0.624. The number of phenols is 2. The average Bonchev–Trinajstić information content (AvgIpc) is 2.33. The highest BCUT2D eigenvalue weighted by molar-refractivity contribution is 14.1. The van der Waals surface area contributed by atoms with Crippen molar-refractivity contribution in [3.8, 4) is 11.5 Å². The van der Waals surface area contributed by atoms with E-state index in [0.717, 1.165) is 9.64 Å². The number of carbonyl (C=O) groups excluding carboxylic acids is 1. The molecule has 0 spiro atoms. The largest absolute Gasteiger partial charge is 0.507 e. The second-order valence-corrected chi connectivity index (χ2v) is 5.20. The van der Waals surface area contributed by atoms with Crippen molar-refractivity contribution < 1.29 is 15.0 Å². The Bertz CT molecular complexity index is 626. The molecule has 2 aromatic carbocycles. The first-order valence-corrected chi connectivity index (χ1v) is 6.47. The summed E-state index contributed by atoms with van der Waals surface area (Å²) in [5.41, 5.74) is 0.553. The lowest BCUT2D eigenvalue weighted by atomic mass is 10.0. The summed E-state index contributed by atoms with van der Waals surface area (Å²) in [7, 11) is 0. The lowest BCUT2D eigenvalue weighted by molar-refractivity contribution is 0.103. The van der Waals surface area contributed by atoms with Crippen molar-refractivity contribution >= 4 is 40.0 Å². The van der Waals surface area contributed by atoms with Gasteiger partial charge in [0, 0.05) is 15.2 Å². The number of hydrogen-bond acceptors (Lipinski definition) is 3. The molecular weight excluding hydrogens is 366 g/mol. The van der Waals surface area contributed by atoms with Crippen molar-refractivity contribution in [3.05, 3.63) is 56.1 Å². The van der Waals surface area contributed by atoms with E-state index in [-0.39, 0.29) is 27.9 Å². The molecule has 2 N–H and O–H groups in total. The maximum Gasteiger partial charge on any atom is 0.197 e. The summed E-state index contributed by atoms with van der Waals surface area (Å²) in [6.07, 6.45) is 0. The molecule has 0 aliphatic heterocycles. The molecular formula is C13H8ClIO3. The van der Waals surface area contributed by atoms with E-state index in [0.29, 0.717) is 5.56 Å². The second kappa shape index (κ2) is 5.16. The Morgan fingerprint density at radius 3 is 2.39 bits per heavy atom. The smallest absolute Gasteiger partial charge is 0.197 e. The van der Waals surface area contributed by atoms with Crippen molar-refractivity contribution in [1.82, 2.24) is 0 Å². The van der Waals surface area contributed by atoms with Gasteiger partial charge >= 0.3 is 0 Å². The Morgan fingerprint density at radius 2 is 1.72 bits per heavy atom. The van der Waals surface area contributed by atoms with Crippen LogP contribution in [0.15, 0.2) is 36.4 Å². The Balaban J connectivity index is 2.53. The molecule has 0 aromatic heterocycles. The molecule has 0 atom stereocenters. The minimum Gasteiger partial charge on any atom is -0.507 e. The lowest BCUT2D eigenvalue weighted by Crippen LogP contribution is -2.04. The molecule has 2 rings (SSSR count). The van der Waals surface area contributed by atoms with Gasteiger partial charge in [0.15, 0.2) is 5.78 Å². The highest BCUT2D eigenvalue weighted by atomic mass is 127. The zero-order valence-electron chi connectivity index (χ0n) is 9.02. The van der Waals surface area contributed by atoms with Gasteiger partial charge in [-0.05, 0) is 40.8 Å². The number of benzene rings is 2. The van der Waals surface area contributed by atoms with E-state index < -0.39 is 0 Å². The Kier molecular flexibility index (Phi) is 3.77. The number of phenolic OH excluding ortho intramolecular Hbond substituents is 2. The van der Waals surface area contributed by atoms with Gasteiger partial charge in [-0.25, -0.2) is 0 Å². The van der Waals surface area contributed by atoms with Crippen LogP contribution in [0.2, 0.25) is 5.02 Å². The summed E-state index contributed by atoms with van der Waals surface area (Å²) in [4.78, 5) is 12.2. The van der Waals surface area contributed by atoms with Crippen LogP contribution < -0.4 is 0 Å². The van der Waals surface area contributed by atoms with E-state index >= 15 is 0 Å². The van der Waals surface area contributed by atoms with Crippen molar-refractivity contribution in [2.45, 2.75) is 0 Å². The molecule has 2 aromatic rings. The molecule has 0 unspecified atom stereocenters. The van der Waals surface area contributed by atoms with Gasteiger partial charge in [-0.3, -0.25) is 4.79 Å². The molecule has 0 fully saturated rings. The van der Waals surface area contributed by atoms with Crippen LogP contribution in [-0.4, -0.2) is 16.0 Å². The fourth-order valence-corrected chi connectivity index (χ4v) is 2.32. The van der Waals surface area contributed by atoms with Crippen LogP contribution in [0.5, 0.6) is 11.5 Å². The third-order valence-electron chi connectivity index (χ3n) is 2.43. The van der Waals surface area contributed by atoms with E-state index in [4.69, 9.17) is 11.6 Å². The normalized spacial score (nSPS) is 10.3. The zero-order valence-corrected chi connectivity index (χ0v) is 11.9. The molecule has 0 saturated carbocycles. The van der Waals surface area contributed by atoms with Crippen LogP contribution in [-0.2, 0) is 0 Å². The van der Waals surface area contributed by atoms with Crippen LogP contribution in [0.3, 0.4) is 0 Å². The van der Waals surface area contributed by atoms with Crippen LogP contribution in [0.1, 0.15) is 15.9 Å². The Hall–Kier alpha value is -1.27. The van der Waals surface area contributed by atoms with Crippen molar-refractivity contribution in [2.75, 3.05) is 0 Å². The monoisotopic (exact) mass is 374 g/mol. The summed E-state index contributed by atoms with van der Waals surface area (Å²) in [5, 5.41) is 19.1. The Morgan fingerprint density at radius 1 is 1.06 bits per heavy atom. The highest BCUT2D eigenvalue weighted by Crippen LogP contribution is 2.32. The predicted molar refractivity (Wildman–Crippen MR) is 77.4 cm³/mol. The van der Waals surface area contributed by atoms with Gasteiger partial charge in [-0.1, -0.05) is 23.7 Å². The molecule has 3 nitrogen and oxygen atoms in total. The summed E-state index contributed by atoms with van der Waals surface area (Å²) >= 11 is 7.79.